The zero-order valence-corrected chi connectivity index (χ0v) is 14.8. The highest BCUT2D eigenvalue weighted by Crippen LogP contribution is 2.21. The van der Waals surface area contributed by atoms with Crippen LogP contribution in [0.5, 0.6) is 0 Å². The highest BCUT2D eigenvalue weighted by molar-refractivity contribution is 7.89. The summed E-state index contributed by atoms with van der Waals surface area (Å²) in [5.74, 6) is -1.46. The Bertz CT molecular complexity index is 1030. The van der Waals surface area contributed by atoms with Gasteiger partial charge in [0.05, 0.1) is 16.0 Å². The number of hydrogen-bond donors (Lipinski definition) is 2. The van der Waals surface area contributed by atoms with Crippen LogP contribution in [0, 0.1) is 0 Å². The number of carbonyl (C=O) groups excluding carboxylic acids is 3. The summed E-state index contributed by atoms with van der Waals surface area (Å²) in [5, 5.41) is 4.79. The van der Waals surface area contributed by atoms with E-state index in [2.05, 4.69) is 10.6 Å². The first kappa shape index (κ1) is 17.8. The fraction of sp³-hybridized carbons (Fsp3) is 0.118. The van der Waals surface area contributed by atoms with E-state index in [9.17, 15) is 22.8 Å². The van der Waals surface area contributed by atoms with E-state index < -0.39 is 27.7 Å². The molecular weight excluding hydrogens is 358 g/mol. The van der Waals surface area contributed by atoms with Crippen molar-refractivity contribution in [3.63, 3.8) is 0 Å². The van der Waals surface area contributed by atoms with Gasteiger partial charge in [0.2, 0.25) is 10.0 Å². The monoisotopic (exact) mass is 373 g/mol. The third-order valence-corrected chi connectivity index (χ3v) is 5.72. The zero-order chi connectivity index (χ0) is 19.1. The number of nitrogens with one attached hydrogen (secondary N) is 2. The molecule has 0 saturated heterocycles. The summed E-state index contributed by atoms with van der Waals surface area (Å²) in [5.41, 5.74) is 1.05. The number of anilines is 1. The highest BCUT2D eigenvalue weighted by atomic mass is 32.2. The van der Waals surface area contributed by atoms with E-state index in [-0.39, 0.29) is 21.6 Å². The Morgan fingerprint density at radius 1 is 0.962 bits per heavy atom. The van der Waals surface area contributed by atoms with Crippen LogP contribution < -0.4 is 10.6 Å². The van der Waals surface area contributed by atoms with Gasteiger partial charge in [-0.15, -0.1) is 0 Å². The number of nitrogens with zero attached hydrogens (tertiary/aromatic N) is 1. The van der Waals surface area contributed by atoms with Crippen LogP contribution in [-0.4, -0.2) is 44.5 Å². The Labute approximate surface area is 149 Å². The van der Waals surface area contributed by atoms with Gasteiger partial charge in [0, 0.05) is 25.3 Å². The summed E-state index contributed by atoms with van der Waals surface area (Å²) in [6, 6.07) is 9.87. The van der Waals surface area contributed by atoms with E-state index >= 15 is 0 Å². The van der Waals surface area contributed by atoms with Crippen molar-refractivity contribution in [1.82, 2.24) is 9.62 Å². The van der Waals surface area contributed by atoms with Gasteiger partial charge >= 0.3 is 0 Å². The molecule has 26 heavy (non-hydrogen) atoms. The van der Waals surface area contributed by atoms with Crippen LogP contribution >= 0.6 is 0 Å². The summed E-state index contributed by atoms with van der Waals surface area (Å²) in [7, 11) is -0.729. The fourth-order valence-corrected chi connectivity index (χ4v) is 3.34. The summed E-state index contributed by atoms with van der Waals surface area (Å²) in [4.78, 5) is 35.6. The van der Waals surface area contributed by atoms with Crippen LogP contribution in [0.4, 0.5) is 5.69 Å². The minimum absolute atomic E-state index is 0.0757. The molecule has 9 heteroatoms. The van der Waals surface area contributed by atoms with E-state index in [1.807, 2.05) is 0 Å². The summed E-state index contributed by atoms with van der Waals surface area (Å²) in [6.45, 7) is 0. The molecule has 0 fully saturated rings. The molecule has 0 unspecified atom stereocenters. The molecule has 0 bridgehead atoms. The Kier molecular flexibility index (Phi) is 4.34. The molecule has 134 valence electrons. The smallest absolute Gasteiger partial charge is 0.259 e. The Morgan fingerprint density at radius 2 is 1.58 bits per heavy atom. The molecule has 1 aliphatic rings. The quantitative estimate of drug-likeness (QED) is 0.779. The number of sulfonamides is 1. The molecule has 2 aromatic carbocycles. The molecule has 2 N–H and O–H groups in total. The molecule has 0 radical (unpaired) electrons. The molecule has 1 aliphatic heterocycles. The lowest BCUT2D eigenvalue weighted by Gasteiger charge is -2.11. The highest BCUT2D eigenvalue weighted by Gasteiger charge is 2.27. The lowest BCUT2D eigenvalue weighted by Crippen LogP contribution is -2.22. The lowest BCUT2D eigenvalue weighted by atomic mass is 10.1. The van der Waals surface area contributed by atoms with Gasteiger partial charge in [-0.05, 0) is 42.5 Å². The van der Waals surface area contributed by atoms with Crippen LogP contribution in [0.2, 0.25) is 0 Å². The van der Waals surface area contributed by atoms with Gasteiger partial charge in [-0.2, -0.15) is 0 Å². The Hall–Kier alpha value is -3.04. The number of hydrogen-bond acceptors (Lipinski definition) is 5. The van der Waals surface area contributed by atoms with Crippen LogP contribution in [-0.2, 0) is 10.0 Å². The minimum Gasteiger partial charge on any atom is -0.322 e. The molecule has 0 aromatic heterocycles. The second-order valence-electron chi connectivity index (χ2n) is 5.81. The van der Waals surface area contributed by atoms with Crippen LogP contribution in [0.25, 0.3) is 0 Å². The first-order valence-corrected chi connectivity index (χ1v) is 8.98. The third kappa shape index (κ3) is 3.09. The van der Waals surface area contributed by atoms with Crippen molar-refractivity contribution >= 4 is 33.4 Å². The van der Waals surface area contributed by atoms with E-state index in [1.54, 1.807) is 0 Å². The molecule has 3 amide bonds. The number of carbonyl (C=O) groups is 3. The molecule has 8 nitrogen and oxygen atoms in total. The second kappa shape index (κ2) is 6.36. The first-order chi connectivity index (χ1) is 12.2. The number of benzene rings is 2. The number of fused-ring (bicyclic) bond motifs is 1. The summed E-state index contributed by atoms with van der Waals surface area (Å²) in [6.07, 6.45) is 0. The van der Waals surface area contributed by atoms with E-state index in [0.717, 1.165) is 4.31 Å². The van der Waals surface area contributed by atoms with Gasteiger partial charge < -0.3 is 5.32 Å². The number of imide groups is 1. The summed E-state index contributed by atoms with van der Waals surface area (Å²) >= 11 is 0. The number of rotatable bonds is 4. The lowest BCUT2D eigenvalue weighted by molar-refractivity contribution is 0.0878. The van der Waals surface area contributed by atoms with Crippen molar-refractivity contribution in [3.05, 3.63) is 59.2 Å². The molecule has 1 heterocycles. The van der Waals surface area contributed by atoms with Crippen molar-refractivity contribution < 1.29 is 22.8 Å². The number of amides is 3. The van der Waals surface area contributed by atoms with Gasteiger partial charge in [-0.3, -0.25) is 19.7 Å². The van der Waals surface area contributed by atoms with E-state index in [1.165, 1.54) is 56.6 Å². The maximum absolute atomic E-state index is 12.3. The van der Waals surface area contributed by atoms with Crippen molar-refractivity contribution in [3.8, 4) is 0 Å². The van der Waals surface area contributed by atoms with Crippen LogP contribution in [0.3, 0.4) is 0 Å². The van der Waals surface area contributed by atoms with Crippen molar-refractivity contribution in [2.45, 2.75) is 4.90 Å². The van der Waals surface area contributed by atoms with Gasteiger partial charge in [-0.25, -0.2) is 12.7 Å². The van der Waals surface area contributed by atoms with Crippen molar-refractivity contribution in [2.24, 2.45) is 0 Å². The Balaban J connectivity index is 1.80. The maximum atomic E-state index is 12.3. The van der Waals surface area contributed by atoms with Gasteiger partial charge in [0.15, 0.2) is 0 Å². The van der Waals surface area contributed by atoms with E-state index in [4.69, 9.17) is 0 Å². The zero-order valence-electron chi connectivity index (χ0n) is 13.9. The third-order valence-electron chi connectivity index (χ3n) is 3.89. The standard InChI is InChI=1S/C17H15N3O5S/c1-20(2)26(24,25)12-6-3-10(4-7-12)15(21)18-11-5-8-13-14(9-11)17(23)19-16(13)22/h3-9H,1-2H3,(H,18,21)(H,19,22,23). The topological polar surface area (TPSA) is 113 Å². The average molecular weight is 373 g/mol. The van der Waals surface area contributed by atoms with Gasteiger partial charge in [-0.1, -0.05) is 0 Å². The van der Waals surface area contributed by atoms with Crippen molar-refractivity contribution in [1.29, 1.82) is 0 Å². The molecule has 3 rings (SSSR count). The van der Waals surface area contributed by atoms with Gasteiger partial charge in [0.25, 0.3) is 17.7 Å². The van der Waals surface area contributed by atoms with Crippen LogP contribution in [0.15, 0.2) is 47.4 Å². The molecule has 0 aliphatic carbocycles. The first-order valence-electron chi connectivity index (χ1n) is 7.54. The molecule has 0 atom stereocenters. The Morgan fingerprint density at radius 3 is 2.19 bits per heavy atom. The van der Waals surface area contributed by atoms with Crippen LogP contribution in [0.1, 0.15) is 31.1 Å². The van der Waals surface area contributed by atoms with Crippen molar-refractivity contribution in [2.75, 3.05) is 19.4 Å². The average Bonchev–Trinajstić information content (AvgIpc) is 2.88. The second-order valence-corrected chi connectivity index (χ2v) is 7.96. The molecule has 2 aromatic rings. The van der Waals surface area contributed by atoms with E-state index in [0.29, 0.717) is 5.69 Å². The SMILES string of the molecule is CN(C)S(=O)(=O)c1ccc(C(=O)Nc2ccc3c(c2)C(=O)NC3=O)cc1. The maximum Gasteiger partial charge on any atom is 0.259 e. The predicted octanol–water partition coefficient (Wildman–Crippen LogP) is 1.07. The van der Waals surface area contributed by atoms with Gasteiger partial charge in [0.1, 0.15) is 0 Å². The molecule has 0 saturated carbocycles. The minimum atomic E-state index is -3.57. The summed E-state index contributed by atoms with van der Waals surface area (Å²) < 4.78 is 25.1. The largest absolute Gasteiger partial charge is 0.322 e. The molecular formula is C17H15N3O5S. The molecule has 0 spiro atoms. The fourth-order valence-electron chi connectivity index (χ4n) is 2.44. The normalized spacial score (nSPS) is 13.5. The predicted molar refractivity (Wildman–Crippen MR) is 93.5 cm³/mol.